The summed E-state index contributed by atoms with van der Waals surface area (Å²) in [4.78, 5) is 0. The Morgan fingerprint density at radius 2 is 1.85 bits per heavy atom. The maximum atomic E-state index is 10.2. The third-order valence-electron chi connectivity index (χ3n) is 4.23. The molecule has 0 spiro atoms. The molecule has 1 aliphatic rings. The van der Waals surface area contributed by atoms with Gasteiger partial charge in [-0.05, 0) is 41.7 Å². The van der Waals surface area contributed by atoms with Crippen LogP contribution in [0.1, 0.15) is 30.9 Å². The summed E-state index contributed by atoms with van der Waals surface area (Å²) in [6, 6.07) is 14.2. The van der Waals surface area contributed by atoms with E-state index in [1.807, 2.05) is 30.3 Å². The number of aliphatic hydroxyl groups excluding tert-OH is 1. The van der Waals surface area contributed by atoms with Gasteiger partial charge in [-0.15, -0.1) is 0 Å². The molecule has 20 heavy (non-hydrogen) atoms. The van der Waals surface area contributed by atoms with Gasteiger partial charge in [-0.3, -0.25) is 0 Å². The highest BCUT2D eigenvalue weighted by molar-refractivity contribution is 5.83. The quantitative estimate of drug-likeness (QED) is 0.782. The molecular weight excluding hydrogens is 250 g/mol. The van der Waals surface area contributed by atoms with Crippen LogP contribution >= 0.6 is 0 Å². The van der Waals surface area contributed by atoms with E-state index in [2.05, 4.69) is 17.4 Å². The maximum Gasteiger partial charge on any atom is 0.0914 e. The van der Waals surface area contributed by atoms with Crippen molar-refractivity contribution in [2.45, 2.75) is 31.0 Å². The largest absolute Gasteiger partial charge is 0.389 e. The van der Waals surface area contributed by atoms with Crippen LogP contribution in [0.5, 0.6) is 0 Å². The molecule has 106 valence electrons. The van der Waals surface area contributed by atoms with Gasteiger partial charge in [0.1, 0.15) is 0 Å². The molecule has 2 aromatic carbocycles. The fraction of sp³-hybridized carbons (Fsp3) is 0.412. The Hall–Kier alpha value is -1.42. The minimum Gasteiger partial charge on any atom is -0.389 e. The lowest BCUT2D eigenvalue weighted by molar-refractivity contribution is -0.0328. The molecule has 3 heteroatoms. The summed E-state index contributed by atoms with van der Waals surface area (Å²) in [7, 11) is 0. The van der Waals surface area contributed by atoms with E-state index >= 15 is 0 Å². The van der Waals surface area contributed by atoms with Crippen molar-refractivity contribution in [2.75, 3.05) is 13.1 Å². The summed E-state index contributed by atoms with van der Waals surface area (Å²) in [5, 5.41) is 25.7. The highest BCUT2D eigenvalue weighted by Gasteiger charge is 2.33. The maximum absolute atomic E-state index is 10.2. The number of nitrogens with one attached hydrogen (secondary N) is 1. The first-order chi connectivity index (χ1) is 9.66. The smallest absolute Gasteiger partial charge is 0.0914 e. The van der Waals surface area contributed by atoms with E-state index in [4.69, 9.17) is 0 Å². The molecular formula is C17H21NO2. The van der Waals surface area contributed by atoms with Crippen molar-refractivity contribution < 1.29 is 10.2 Å². The third kappa shape index (κ3) is 2.85. The molecule has 1 atom stereocenters. The Kier molecular flexibility index (Phi) is 3.74. The molecule has 2 aromatic rings. The van der Waals surface area contributed by atoms with Crippen LogP contribution < -0.4 is 5.32 Å². The van der Waals surface area contributed by atoms with Gasteiger partial charge >= 0.3 is 0 Å². The molecule has 0 radical (unpaired) electrons. The van der Waals surface area contributed by atoms with E-state index in [9.17, 15) is 10.2 Å². The molecule has 0 aliphatic heterocycles. The number of aliphatic hydroxyl groups is 2. The summed E-state index contributed by atoms with van der Waals surface area (Å²) >= 11 is 0. The first-order valence-corrected chi connectivity index (χ1v) is 7.26. The lowest BCUT2D eigenvalue weighted by Gasteiger charge is -2.37. The van der Waals surface area contributed by atoms with Gasteiger partial charge in [0.15, 0.2) is 0 Å². The van der Waals surface area contributed by atoms with Crippen LogP contribution in [0.2, 0.25) is 0 Å². The van der Waals surface area contributed by atoms with Gasteiger partial charge in [0, 0.05) is 13.1 Å². The number of rotatable bonds is 5. The molecule has 1 unspecified atom stereocenters. The molecule has 1 saturated carbocycles. The minimum absolute atomic E-state index is 0.473. The van der Waals surface area contributed by atoms with Crippen LogP contribution in [0, 0.1) is 0 Å². The van der Waals surface area contributed by atoms with Crippen LogP contribution in [-0.2, 0) is 0 Å². The molecule has 0 aromatic heterocycles. The predicted molar refractivity (Wildman–Crippen MR) is 80.6 cm³/mol. The SMILES string of the molecule is OC(CNCC1(O)CCC1)c1ccc2ccccc2c1. The van der Waals surface area contributed by atoms with E-state index in [1.165, 1.54) is 5.39 Å². The van der Waals surface area contributed by atoms with Crippen LogP contribution in [0.15, 0.2) is 42.5 Å². The Morgan fingerprint density at radius 3 is 2.55 bits per heavy atom. The van der Waals surface area contributed by atoms with Gasteiger partial charge in [-0.25, -0.2) is 0 Å². The summed E-state index contributed by atoms with van der Waals surface area (Å²) in [6.07, 6.45) is 2.30. The van der Waals surface area contributed by atoms with Gasteiger partial charge in [0.2, 0.25) is 0 Å². The van der Waals surface area contributed by atoms with Crippen LogP contribution in [0.3, 0.4) is 0 Å². The van der Waals surface area contributed by atoms with Gasteiger partial charge in [-0.2, -0.15) is 0 Å². The van der Waals surface area contributed by atoms with Crippen molar-refractivity contribution >= 4 is 10.8 Å². The summed E-state index contributed by atoms with van der Waals surface area (Å²) in [5.41, 5.74) is 0.375. The predicted octanol–water partition coefficient (Wildman–Crippen LogP) is 2.38. The fourth-order valence-electron chi connectivity index (χ4n) is 2.74. The molecule has 0 heterocycles. The van der Waals surface area contributed by atoms with Crippen LogP contribution in [-0.4, -0.2) is 28.9 Å². The van der Waals surface area contributed by atoms with Gasteiger partial charge < -0.3 is 15.5 Å². The molecule has 3 N–H and O–H groups in total. The van der Waals surface area contributed by atoms with Crippen molar-refractivity contribution in [3.8, 4) is 0 Å². The Balaban J connectivity index is 1.61. The highest BCUT2D eigenvalue weighted by atomic mass is 16.3. The van der Waals surface area contributed by atoms with Crippen LogP contribution in [0.4, 0.5) is 0 Å². The second-order valence-electron chi connectivity index (χ2n) is 5.83. The highest BCUT2D eigenvalue weighted by Crippen LogP contribution is 2.30. The molecule has 3 rings (SSSR count). The lowest BCUT2D eigenvalue weighted by Crippen LogP contribution is -2.46. The Bertz CT molecular complexity index is 592. The van der Waals surface area contributed by atoms with E-state index in [0.29, 0.717) is 13.1 Å². The summed E-state index contributed by atoms with van der Waals surface area (Å²) < 4.78 is 0. The third-order valence-corrected chi connectivity index (χ3v) is 4.23. The van der Waals surface area contributed by atoms with Crippen molar-refractivity contribution in [3.05, 3.63) is 48.0 Å². The van der Waals surface area contributed by atoms with E-state index in [1.54, 1.807) is 0 Å². The van der Waals surface area contributed by atoms with Crippen LogP contribution in [0.25, 0.3) is 10.8 Å². The van der Waals surface area contributed by atoms with Crippen molar-refractivity contribution in [2.24, 2.45) is 0 Å². The zero-order chi connectivity index (χ0) is 14.0. The molecule has 0 amide bonds. The van der Waals surface area contributed by atoms with Crippen molar-refractivity contribution in [3.63, 3.8) is 0 Å². The second-order valence-corrected chi connectivity index (χ2v) is 5.83. The zero-order valence-electron chi connectivity index (χ0n) is 11.5. The normalized spacial score (nSPS) is 18.7. The molecule has 3 nitrogen and oxygen atoms in total. The summed E-state index contributed by atoms with van der Waals surface area (Å²) in [6.45, 7) is 1.04. The molecule has 1 fully saturated rings. The van der Waals surface area contributed by atoms with E-state index in [0.717, 1.165) is 30.2 Å². The molecule has 1 aliphatic carbocycles. The molecule has 0 bridgehead atoms. The number of hydrogen-bond donors (Lipinski definition) is 3. The standard InChI is InChI=1S/C17H21NO2/c19-16(11-18-12-17(20)8-3-9-17)15-7-6-13-4-1-2-5-14(13)10-15/h1-2,4-7,10,16,18-20H,3,8-9,11-12H2. The number of hydrogen-bond acceptors (Lipinski definition) is 3. The van der Waals surface area contributed by atoms with Gasteiger partial charge in [-0.1, -0.05) is 36.4 Å². The minimum atomic E-state index is -0.539. The first-order valence-electron chi connectivity index (χ1n) is 7.26. The van der Waals surface area contributed by atoms with Gasteiger partial charge in [0.05, 0.1) is 11.7 Å². The second kappa shape index (κ2) is 5.52. The topological polar surface area (TPSA) is 52.5 Å². The Labute approximate surface area is 119 Å². The monoisotopic (exact) mass is 271 g/mol. The molecule has 0 saturated heterocycles. The first kappa shape index (κ1) is 13.6. The fourth-order valence-corrected chi connectivity index (χ4v) is 2.74. The number of fused-ring (bicyclic) bond motifs is 1. The van der Waals surface area contributed by atoms with Crippen molar-refractivity contribution in [1.82, 2.24) is 5.32 Å². The van der Waals surface area contributed by atoms with Crippen molar-refractivity contribution in [1.29, 1.82) is 0 Å². The average molecular weight is 271 g/mol. The average Bonchev–Trinajstić information content (AvgIpc) is 2.45. The Morgan fingerprint density at radius 1 is 1.10 bits per heavy atom. The number of benzene rings is 2. The van der Waals surface area contributed by atoms with E-state index < -0.39 is 11.7 Å². The van der Waals surface area contributed by atoms with E-state index in [-0.39, 0.29) is 0 Å². The lowest BCUT2D eigenvalue weighted by atomic mass is 9.80. The zero-order valence-corrected chi connectivity index (χ0v) is 11.5. The summed E-state index contributed by atoms with van der Waals surface area (Å²) in [5.74, 6) is 0. The van der Waals surface area contributed by atoms with Gasteiger partial charge in [0.25, 0.3) is 0 Å².